The number of ether oxygens (including phenoxy) is 2. The second-order valence-electron chi connectivity index (χ2n) is 5.73. The fourth-order valence-electron chi connectivity index (χ4n) is 2.66. The summed E-state index contributed by atoms with van der Waals surface area (Å²) in [5.74, 6) is 1.91. The molecule has 0 saturated carbocycles. The number of aromatic nitrogens is 3. The SMILES string of the molecule is COc1ccc(-c2n[nH]c(=S)n2CCC(=O)Nc2ccccc2OC)cc1. The van der Waals surface area contributed by atoms with Crippen molar-refractivity contribution in [1.82, 2.24) is 14.8 Å². The lowest BCUT2D eigenvalue weighted by Crippen LogP contribution is -2.15. The average Bonchev–Trinajstić information content (AvgIpc) is 3.07. The van der Waals surface area contributed by atoms with Crippen molar-refractivity contribution in [1.29, 1.82) is 0 Å². The maximum absolute atomic E-state index is 12.4. The molecule has 140 valence electrons. The molecule has 0 saturated heterocycles. The van der Waals surface area contributed by atoms with Crippen molar-refractivity contribution in [2.45, 2.75) is 13.0 Å². The molecule has 2 aromatic carbocycles. The number of rotatable bonds is 7. The predicted molar refractivity (Wildman–Crippen MR) is 106 cm³/mol. The molecule has 1 heterocycles. The van der Waals surface area contributed by atoms with Gasteiger partial charge in [0.15, 0.2) is 10.6 Å². The Balaban J connectivity index is 1.71. The van der Waals surface area contributed by atoms with Crippen LogP contribution in [0.3, 0.4) is 0 Å². The Kier molecular flexibility index (Phi) is 5.87. The molecule has 0 spiro atoms. The largest absolute Gasteiger partial charge is 0.497 e. The van der Waals surface area contributed by atoms with Gasteiger partial charge in [-0.1, -0.05) is 12.1 Å². The van der Waals surface area contributed by atoms with Gasteiger partial charge in [0.1, 0.15) is 11.5 Å². The minimum absolute atomic E-state index is 0.136. The molecular formula is C19H20N4O3S. The predicted octanol–water partition coefficient (Wildman–Crippen LogP) is 3.65. The van der Waals surface area contributed by atoms with Crippen molar-refractivity contribution >= 4 is 23.8 Å². The van der Waals surface area contributed by atoms with Crippen LogP contribution in [0.25, 0.3) is 11.4 Å². The summed E-state index contributed by atoms with van der Waals surface area (Å²) in [5, 5.41) is 9.93. The molecule has 0 fully saturated rings. The summed E-state index contributed by atoms with van der Waals surface area (Å²) in [7, 11) is 3.18. The van der Waals surface area contributed by atoms with Crippen LogP contribution in [0.1, 0.15) is 6.42 Å². The highest BCUT2D eigenvalue weighted by Gasteiger charge is 2.12. The van der Waals surface area contributed by atoms with Gasteiger partial charge in [-0.2, -0.15) is 5.10 Å². The first-order valence-corrected chi connectivity index (χ1v) is 8.75. The number of nitrogens with zero attached hydrogens (tertiary/aromatic N) is 2. The molecule has 0 aliphatic heterocycles. The van der Waals surface area contributed by atoms with Gasteiger partial charge in [0.05, 0.1) is 19.9 Å². The van der Waals surface area contributed by atoms with Gasteiger partial charge >= 0.3 is 0 Å². The van der Waals surface area contributed by atoms with Crippen LogP contribution < -0.4 is 14.8 Å². The number of carbonyl (C=O) groups excluding carboxylic acids is 1. The van der Waals surface area contributed by atoms with Crippen LogP contribution in [0.2, 0.25) is 0 Å². The molecule has 0 unspecified atom stereocenters. The summed E-state index contributed by atoms with van der Waals surface area (Å²) in [6.45, 7) is 0.400. The number of hydrogen-bond donors (Lipinski definition) is 2. The van der Waals surface area contributed by atoms with Crippen molar-refractivity contribution in [3.63, 3.8) is 0 Å². The van der Waals surface area contributed by atoms with Crippen LogP contribution in [0, 0.1) is 4.77 Å². The van der Waals surface area contributed by atoms with E-state index in [2.05, 4.69) is 15.5 Å². The Morgan fingerprint density at radius 3 is 2.59 bits per heavy atom. The molecule has 1 aromatic heterocycles. The molecule has 0 bridgehead atoms. The topological polar surface area (TPSA) is 81.2 Å². The highest BCUT2D eigenvalue weighted by molar-refractivity contribution is 7.71. The quantitative estimate of drug-likeness (QED) is 0.608. The van der Waals surface area contributed by atoms with Gasteiger partial charge in [0, 0.05) is 18.5 Å². The monoisotopic (exact) mass is 384 g/mol. The van der Waals surface area contributed by atoms with Crippen molar-refractivity contribution in [3.8, 4) is 22.9 Å². The van der Waals surface area contributed by atoms with Crippen LogP contribution in [-0.2, 0) is 11.3 Å². The number of aromatic amines is 1. The van der Waals surface area contributed by atoms with Gasteiger partial charge in [-0.25, -0.2) is 0 Å². The van der Waals surface area contributed by atoms with E-state index in [1.165, 1.54) is 0 Å². The van der Waals surface area contributed by atoms with E-state index in [0.29, 0.717) is 28.6 Å². The van der Waals surface area contributed by atoms with Crippen LogP contribution >= 0.6 is 12.2 Å². The third-order valence-corrected chi connectivity index (χ3v) is 4.36. The first kappa shape index (κ1) is 18.7. The Hall–Kier alpha value is -3.13. The van der Waals surface area contributed by atoms with E-state index in [4.69, 9.17) is 21.7 Å². The fourth-order valence-corrected chi connectivity index (χ4v) is 2.88. The molecule has 7 nitrogen and oxygen atoms in total. The molecule has 27 heavy (non-hydrogen) atoms. The molecule has 0 atom stereocenters. The number of nitrogens with one attached hydrogen (secondary N) is 2. The van der Waals surface area contributed by atoms with Crippen molar-refractivity contribution in [2.24, 2.45) is 0 Å². The number of methoxy groups -OCH3 is 2. The number of anilines is 1. The van der Waals surface area contributed by atoms with E-state index in [1.807, 2.05) is 36.4 Å². The van der Waals surface area contributed by atoms with E-state index in [0.717, 1.165) is 11.3 Å². The Bertz CT molecular complexity index is 979. The zero-order valence-electron chi connectivity index (χ0n) is 15.1. The number of carbonyl (C=O) groups is 1. The molecular weight excluding hydrogens is 364 g/mol. The average molecular weight is 384 g/mol. The second-order valence-corrected chi connectivity index (χ2v) is 6.12. The van der Waals surface area contributed by atoms with E-state index < -0.39 is 0 Å². The third kappa shape index (κ3) is 4.35. The van der Waals surface area contributed by atoms with E-state index in [-0.39, 0.29) is 12.3 Å². The molecule has 1 amide bonds. The van der Waals surface area contributed by atoms with Gasteiger partial charge in [-0.3, -0.25) is 14.5 Å². The lowest BCUT2D eigenvalue weighted by molar-refractivity contribution is -0.116. The van der Waals surface area contributed by atoms with Crippen molar-refractivity contribution in [3.05, 3.63) is 53.3 Å². The number of para-hydroxylation sites is 2. The summed E-state index contributed by atoms with van der Waals surface area (Å²) in [4.78, 5) is 12.4. The lowest BCUT2D eigenvalue weighted by Gasteiger charge is -2.11. The zero-order valence-corrected chi connectivity index (χ0v) is 15.9. The van der Waals surface area contributed by atoms with Crippen molar-refractivity contribution < 1.29 is 14.3 Å². The summed E-state index contributed by atoms with van der Waals surface area (Å²) in [6, 6.07) is 14.8. The number of amides is 1. The molecule has 3 rings (SSSR count). The second kappa shape index (κ2) is 8.50. The van der Waals surface area contributed by atoms with E-state index in [1.54, 1.807) is 30.9 Å². The zero-order chi connectivity index (χ0) is 19.2. The first-order chi connectivity index (χ1) is 13.1. The maximum Gasteiger partial charge on any atom is 0.226 e. The van der Waals surface area contributed by atoms with Crippen LogP contribution in [-0.4, -0.2) is 34.9 Å². The Morgan fingerprint density at radius 1 is 1.15 bits per heavy atom. The minimum atomic E-state index is -0.136. The third-order valence-electron chi connectivity index (χ3n) is 4.05. The number of benzene rings is 2. The van der Waals surface area contributed by atoms with Gasteiger partial charge in [0.2, 0.25) is 5.91 Å². The molecule has 0 aliphatic carbocycles. The van der Waals surface area contributed by atoms with E-state index >= 15 is 0 Å². The standard InChI is InChI=1S/C19H20N4O3S/c1-25-14-9-7-13(8-10-14)18-21-22-19(27)23(18)12-11-17(24)20-15-5-3-4-6-16(15)26-2/h3-10H,11-12H2,1-2H3,(H,20,24)(H,22,27). The summed E-state index contributed by atoms with van der Waals surface area (Å²) in [5.41, 5.74) is 1.52. The smallest absolute Gasteiger partial charge is 0.226 e. The molecule has 0 radical (unpaired) electrons. The summed E-state index contributed by atoms with van der Waals surface area (Å²) in [6.07, 6.45) is 0.245. The Morgan fingerprint density at radius 2 is 1.89 bits per heavy atom. The molecule has 3 aromatic rings. The summed E-state index contributed by atoms with van der Waals surface area (Å²) < 4.78 is 12.7. The highest BCUT2D eigenvalue weighted by Crippen LogP contribution is 2.24. The van der Waals surface area contributed by atoms with Gasteiger partial charge in [0.25, 0.3) is 0 Å². The van der Waals surface area contributed by atoms with E-state index in [9.17, 15) is 4.79 Å². The van der Waals surface area contributed by atoms with Gasteiger partial charge < -0.3 is 14.8 Å². The lowest BCUT2D eigenvalue weighted by atomic mass is 10.2. The normalized spacial score (nSPS) is 10.4. The van der Waals surface area contributed by atoms with Crippen molar-refractivity contribution in [2.75, 3.05) is 19.5 Å². The van der Waals surface area contributed by atoms with Crippen LogP contribution in [0.5, 0.6) is 11.5 Å². The Labute approximate surface area is 161 Å². The minimum Gasteiger partial charge on any atom is -0.497 e. The molecule has 2 N–H and O–H groups in total. The first-order valence-electron chi connectivity index (χ1n) is 8.35. The van der Waals surface area contributed by atoms with Gasteiger partial charge in [-0.05, 0) is 48.6 Å². The molecule has 0 aliphatic rings. The number of hydrogen-bond acceptors (Lipinski definition) is 5. The van der Waals surface area contributed by atoms with Crippen LogP contribution in [0.15, 0.2) is 48.5 Å². The number of H-pyrrole nitrogens is 1. The molecule has 8 heteroatoms. The van der Waals surface area contributed by atoms with Crippen LogP contribution in [0.4, 0.5) is 5.69 Å². The summed E-state index contributed by atoms with van der Waals surface area (Å²) >= 11 is 5.31. The maximum atomic E-state index is 12.4. The fraction of sp³-hybridized carbons (Fsp3) is 0.211. The highest BCUT2D eigenvalue weighted by atomic mass is 32.1. The van der Waals surface area contributed by atoms with Gasteiger partial charge in [-0.15, -0.1) is 0 Å².